The van der Waals surface area contributed by atoms with E-state index >= 15 is 0 Å². The number of esters is 1. The van der Waals surface area contributed by atoms with Crippen molar-refractivity contribution in [3.8, 4) is 6.07 Å². The van der Waals surface area contributed by atoms with E-state index in [4.69, 9.17) is 21.7 Å². The first-order valence-corrected chi connectivity index (χ1v) is 11.1. The topological polar surface area (TPSA) is 94.9 Å². The van der Waals surface area contributed by atoms with E-state index < -0.39 is 23.8 Å². The normalized spacial score (nSPS) is 19.8. The predicted molar refractivity (Wildman–Crippen MR) is 121 cm³/mol. The summed E-state index contributed by atoms with van der Waals surface area (Å²) in [6.07, 6.45) is 0.290. The standard InChI is InChI=1S/C22H27FN4O4S/c1-3-30-21(28)18(11-24)15-6-8-26(9-7-15)20-5-4-16(10-19(20)23)27-13-17(31-22(27)29)12-25-14(2)32/h4-5,10,15,17-18H,3,6-9,12-13H2,1-2H3,(H,25,32)/t17-,18?/m0/s1. The SMILES string of the molecule is CCOC(=O)C(C#N)C1CCN(c2ccc(N3C[C@H](CNC(C)=S)OC3=O)cc2F)CC1. The number of amides is 1. The molecule has 0 radical (unpaired) electrons. The van der Waals surface area contributed by atoms with Crippen molar-refractivity contribution in [2.75, 3.05) is 42.6 Å². The second kappa shape index (κ2) is 10.6. The molecule has 0 saturated carbocycles. The molecule has 0 bridgehead atoms. The maximum Gasteiger partial charge on any atom is 0.414 e. The largest absolute Gasteiger partial charge is 0.465 e. The van der Waals surface area contributed by atoms with Gasteiger partial charge in [-0.05, 0) is 50.8 Å². The van der Waals surface area contributed by atoms with E-state index in [0.29, 0.717) is 55.4 Å². The maximum atomic E-state index is 14.9. The number of rotatable bonds is 7. The summed E-state index contributed by atoms with van der Waals surface area (Å²) in [7, 11) is 0. The number of hydrogen-bond acceptors (Lipinski definition) is 7. The molecule has 8 nitrogen and oxygen atoms in total. The van der Waals surface area contributed by atoms with Crippen molar-refractivity contribution < 1.29 is 23.5 Å². The van der Waals surface area contributed by atoms with Gasteiger partial charge >= 0.3 is 12.1 Å². The molecule has 10 heteroatoms. The number of carbonyl (C=O) groups is 2. The number of anilines is 2. The monoisotopic (exact) mass is 462 g/mol. The van der Waals surface area contributed by atoms with E-state index in [1.54, 1.807) is 26.0 Å². The molecule has 2 fully saturated rings. The summed E-state index contributed by atoms with van der Waals surface area (Å²) in [5, 5.41) is 12.3. The number of carbonyl (C=O) groups excluding carboxylic acids is 2. The molecule has 3 rings (SSSR count). The Kier molecular flexibility index (Phi) is 7.85. The van der Waals surface area contributed by atoms with Gasteiger partial charge in [0.25, 0.3) is 0 Å². The van der Waals surface area contributed by atoms with Crippen molar-refractivity contribution in [2.24, 2.45) is 11.8 Å². The molecule has 172 valence electrons. The van der Waals surface area contributed by atoms with Gasteiger partial charge in [-0.2, -0.15) is 5.26 Å². The summed E-state index contributed by atoms with van der Waals surface area (Å²) in [5.74, 6) is -1.84. The van der Waals surface area contributed by atoms with Crippen LogP contribution in [0.3, 0.4) is 0 Å². The molecule has 1 aromatic rings. The Morgan fingerprint density at radius 3 is 2.75 bits per heavy atom. The average Bonchev–Trinajstić information content (AvgIpc) is 3.14. The van der Waals surface area contributed by atoms with Crippen LogP contribution in [-0.4, -0.2) is 55.9 Å². The number of cyclic esters (lactones) is 1. The van der Waals surface area contributed by atoms with Crippen molar-refractivity contribution in [3.05, 3.63) is 24.0 Å². The molecule has 0 aromatic heterocycles. The fourth-order valence-electron chi connectivity index (χ4n) is 4.07. The van der Waals surface area contributed by atoms with E-state index in [2.05, 4.69) is 11.4 Å². The molecular weight excluding hydrogens is 435 g/mol. The van der Waals surface area contributed by atoms with E-state index in [1.165, 1.54) is 11.0 Å². The van der Waals surface area contributed by atoms with Crippen LogP contribution in [-0.2, 0) is 14.3 Å². The lowest BCUT2D eigenvalue weighted by molar-refractivity contribution is -0.147. The third kappa shape index (κ3) is 5.46. The van der Waals surface area contributed by atoms with Gasteiger partial charge in [-0.3, -0.25) is 9.69 Å². The van der Waals surface area contributed by atoms with Crippen LogP contribution in [0.5, 0.6) is 0 Å². The van der Waals surface area contributed by atoms with Crippen molar-refractivity contribution in [3.63, 3.8) is 0 Å². The molecule has 1 aromatic carbocycles. The number of piperidine rings is 1. The Balaban J connectivity index is 1.62. The van der Waals surface area contributed by atoms with E-state index in [1.807, 2.05) is 4.90 Å². The van der Waals surface area contributed by atoms with Crippen molar-refractivity contribution in [1.29, 1.82) is 5.26 Å². The fraction of sp³-hybridized carbons (Fsp3) is 0.545. The highest BCUT2D eigenvalue weighted by Crippen LogP contribution is 2.32. The second-order valence-corrected chi connectivity index (χ2v) is 8.48. The number of nitrogens with one attached hydrogen (secondary N) is 1. The maximum absolute atomic E-state index is 14.9. The predicted octanol–water partition coefficient (Wildman–Crippen LogP) is 3.01. The Hall–Kier alpha value is -2.93. The number of hydrogen-bond donors (Lipinski definition) is 1. The summed E-state index contributed by atoms with van der Waals surface area (Å²) in [5.41, 5.74) is 0.860. The molecule has 1 unspecified atom stereocenters. The molecule has 2 saturated heterocycles. The van der Waals surface area contributed by atoms with Crippen molar-refractivity contribution in [2.45, 2.75) is 32.8 Å². The van der Waals surface area contributed by atoms with Crippen LogP contribution < -0.4 is 15.1 Å². The van der Waals surface area contributed by atoms with Gasteiger partial charge in [0.05, 0.1) is 42.1 Å². The van der Waals surface area contributed by atoms with Crippen LogP contribution in [0.25, 0.3) is 0 Å². The van der Waals surface area contributed by atoms with Crippen LogP contribution in [0.1, 0.15) is 26.7 Å². The number of nitrogens with zero attached hydrogens (tertiary/aromatic N) is 3. The number of ether oxygens (including phenoxy) is 2. The first-order chi connectivity index (χ1) is 15.3. The third-order valence-corrected chi connectivity index (χ3v) is 5.87. The third-order valence-electron chi connectivity index (χ3n) is 5.73. The molecular formula is C22H27FN4O4S. The van der Waals surface area contributed by atoms with Gasteiger partial charge in [0.1, 0.15) is 17.8 Å². The zero-order chi connectivity index (χ0) is 23.3. The average molecular weight is 463 g/mol. The van der Waals surface area contributed by atoms with E-state index in [0.717, 1.165) is 0 Å². The summed E-state index contributed by atoms with van der Waals surface area (Å²) in [4.78, 5) is 28.1. The minimum absolute atomic E-state index is 0.112. The zero-order valence-corrected chi connectivity index (χ0v) is 19.0. The Morgan fingerprint density at radius 2 is 2.16 bits per heavy atom. The lowest BCUT2D eigenvalue weighted by Gasteiger charge is -2.35. The fourth-order valence-corrected chi connectivity index (χ4v) is 4.16. The number of nitriles is 1. The minimum Gasteiger partial charge on any atom is -0.465 e. The molecule has 2 aliphatic rings. The quantitative estimate of drug-likeness (QED) is 0.488. The highest BCUT2D eigenvalue weighted by atomic mass is 32.1. The highest BCUT2D eigenvalue weighted by molar-refractivity contribution is 7.80. The molecule has 2 heterocycles. The van der Waals surface area contributed by atoms with Crippen molar-refractivity contribution >= 4 is 40.6 Å². The van der Waals surface area contributed by atoms with Crippen LogP contribution in [0.2, 0.25) is 0 Å². The van der Waals surface area contributed by atoms with Gasteiger partial charge in [-0.1, -0.05) is 12.2 Å². The van der Waals surface area contributed by atoms with E-state index in [-0.39, 0.29) is 18.6 Å². The smallest absolute Gasteiger partial charge is 0.414 e. The van der Waals surface area contributed by atoms with Gasteiger partial charge in [0.15, 0.2) is 0 Å². The summed E-state index contributed by atoms with van der Waals surface area (Å²) >= 11 is 4.97. The summed E-state index contributed by atoms with van der Waals surface area (Å²) in [6.45, 7) is 5.45. The Morgan fingerprint density at radius 1 is 1.44 bits per heavy atom. The summed E-state index contributed by atoms with van der Waals surface area (Å²) in [6, 6.07) is 6.74. The second-order valence-electron chi connectivity index (χ2n) is 7.87. The Labute approximate surface area is 192 Å². The molecule has 2 aliphatic heterocycles. The number of halogens is 1. The number of thiocarbonyl (C=S) groups is 1. The Bertz CT molecular complexity index is 914. The molecule has 2 atom stereocenters. The van der Waals surface area contributed by atoms with Crippen LogP contribution in [0.4, 0.5) is 20.6 Å². The van der Waals surface area contributed by atoms with Crippen LogP contribution in [0, 0.1) is 29.0 Å². The molecule has 0 spiro atoms. The minimum atomic E-state index is -0.796. The number of benzene rings is 1. The molecule has 1 N–H and O–H groups in total. The van der Waals surface area contributed by atoms with Gasteiger partial charge in [0.2, 0.25) is 0 Å². The van der Waals surface area contributed by atoms with Gasteiger partial charge in [0, 0.05) is 13.1 Å². The van der Waals surface area contributed by atoms with Crippen LogP contribution in [0.15, 0.2) is 18.2 Å². The van der Waals surface area contributed by atoms with E-state index in [9.17, 15) is 19.2 Å². The lowest BCUT2D eigenvalue weighted by Crippen LogP contribution is -2.38. The van der Waals surface area contributed by atoms with Gasteiger partial charge < -0.3 is 19.7 Å². The van der Waals surface area contributed by atoms with Gasteiger partial charge in [-0.15, -0.1) is 0 Å². The van der Waals surface area contributed by atoms with Gasteiger partial charge in [-0.25, -0.2) is 9.18 Å². The molecule has 32 heavy (non-hydrogen) atoms. The summed E-state index contributed by atoms with van der Waals surface area (Å²) < 4.78 is 25.3. The molecule has 1 amide bonds. The lowest BCUT2D eigenvalue weighted by atomic mass is 9.85. The first kappa shape index (κ1) is 23.7. The van der Waals surface area contributed by atoms with Crippen molar-refractivity contribution in [1.82, 2.24) is 5.32 Å². The molecule has 0 aliphatic carbocycles. The first-order valence-electron chi connectivity index (χ1n) is 10.7. The highest BCUT2D eigenvalue weighted by Gasteiger charge is 2.34. The zero-order valence-electron chi connectivity index (χ0n) is 18.2. The van der Waals surface area contributed by atoms with Crippen LogP contribution >= 0.6 is 12.2 Å².